The number of methoxy groups -OCH3 is 1. The SMILES string of the molecule is COc1cc(CCC(C)=O)ccc1[N+](=O)[O-]. The number of rotatable bonds is 5. The van der Waals surface area contributed by atoms with Crippen LogP contribution in [0.15, 0.2) is 18.2 Å². The van der Waals surface area contributed by atoms with Crippen molar-refractivity contribution in [1.82, 2.24) is 0 Å². The summed E-state index contributed by atoms with van der Waals surface area (Å²) in [5, 5.41) is 10.6. The van der Waals surface area contributed by atoms with Crippen LogP contribution in [0.25, 0.3) is 0 Å². The fourth-order valence-electron chi connectivity index (χ4n) is 1.35. The molecule has 0 atom stereocenters. The minimum absolute atomic E-state index is 0.0610. The van der Waals surface area contributed by atoms with Gasteiger partial charge in [0, 0.05) is 12.5 Å². The van der Waals surface area contributed by atoms with Crippen molar-refractivity contribution in [2.45, 2.75) is 19.8 Å². The van der Waals surface area contributed by atoms with Crippen LogP contribution < -0.4 is 4.74 Å². The summed E-state index contributed by atoms with van der Waals surface area (Å²) in [7, 11) is 1.39. The molecule has 0 bridgehead atoms. The van der Waals surface area contributed by atoms with Gasteiger partial charge in [-0.25, -0.2) is 0 Å². The van der Waals surface area contributed by atoms with Gasteiger partial charge in [0.2, 0.25) is 0 Å². The molecule has 0 saturated carbocycles. The summed E-state index contributed by atoms with van der Waals surface area (Å²) in [4.78, 5) is 20.9. The Morgan fingerprint density at radius 1 is 1.50 bits per heavy atom. The third-order valence-corrected chi connectivity index (χ3v) is 2.21. The highest BCUT2D eigenvalue weighted by Gasteiger charge is 2.14. The average Bonchev–Trinajstić information content (AvgIpc) is 2.25. The van der Waals surface area contributed by atoms with Crippen molar-refractivity contribution < 1.29 is 14.5 Å². The number of nitrogens with zero attached hydrogens (tertiary/aromatic N) is 1. The molecule has 0 fully saturated rings. The third-order valence-electron chi connectivity index (χ3n) is 2.21. The minimum Gasteiger partial charge on any atom is -0.490 e. The first-order chi connectivity index (χ1) is 7.54. The molecule has 0 aliphatic heterocycles. The quantitative estimate of drug-likeness (QED) is 0.566. The van der Waals surface area contributed by atoms with E-state index in [4.69, 9.17) is 4.74 Å². The number of benzene rings is 1. The number of aryl methyl sites for hydroxylation is 1. The van der Waals surface area contributed by atoms with Gasteiger partial charge < -0.3 is 9.53 Å². The number of ether oxygens (including phenoxy) is 1. The molecular weight excluding hydrogens is 210 g/mol. The Kier molecular flexibility index (Phi) is 3.99. The van der Waals surface area contributed by atoms with Gasteiger partial charge in [-0.15, -0.1) is 0 Å². The molecular formula is C11H13NO4. The van der Waals surface area contributed by atoms with Crippen molar-refractivity contribution in [3.63, 3.8) is 0 Å². The van der Waals surface area contributed by atoms with Crippen LogP contribution in [0.5, 0.6) is 5.75 Å². The lowest BCUT2D eigenvalue weighted by Gasteiger charge is -2.04. The highest BCUT2D eigenvalue weighted by atomic mass is 16.6. The standard InChI is InChI=1S/C11H13NO4/c1-8(13)3-4-9-5-6-10(12(14)15)11(7-9)16-2/h5-7H,3-4H2,1-2H3. The van der Waals surface area contributed by atoms with E-state index in [1.165, 1.54) is 20.1 Å². The van der Waals surface area contributed by atoms with Crippen molar-refractivity contribution >= 4 is 11.5 Å². The molecule has 0 saturated heterocycles. The highest BCUT2D eigenvalue weighted by Crippen LogP contribution is 2.27. The molecule has 0 amide bonds. The first kappa shape index (κ1) is 12.2. The van der Waals surface area contributed by atoms with Gasteiger partial charge in [0.1, 0.15) is 5.78 Å². The van der Waals surface area contributed by atoms with Crippen molar-refractivity contribution in [1.29, 1.82) is 0 Å². The summed E-state index contributed by atoms with van der Waals surface area (Å²) in [5.74, 6) is 0.323. The van der Waals surface area contributed by atoms with Gasteiger partial charge in [-0.3, -0.25) is 10.1 Å². The van der Waals surface area contributed by atoms with E-state index in [0.717, 1.165) is 5.56 Å². The van der Waals surface area contributed by atoms with E-state index in [1.807, 2.05) is 0 Å². The van der Waals surface area contributed by atoms with Gasteiger partial charge in [-0.1, -0.05) is 6.07 Å². The molecule has 0 unspecified atom stereocenters. The van der Waals surface area contributed by atoms with Crippen LogP contribution >= 0.6 is 0 Å². The first-order valence-corrected chi connectivity index (χ1v) is 4.85. The van der Waals surface area contributed by atoms with Crippen molar-refractivity contribution in [3.8, 4) is 5.75 Å². The van der Waals surface area contributed by atoms with E-state index in [-0.39, 0.29) is 17.2 Å². The highest BCUT2D eigenvalue weighted by molar-refractivity contribution is 5.75. The third kappa shape index (κ3) is 3.05. The van der Waals surface area contributed by atoms with E-state index in [9.17, 15) is 14.9 Å². The Morgan fingerprint density at radius 3 is 2.69 bits per heavy atom. The number of ketones is 1. The Hall–Kier alpha value is -1.91. The maximum absolute atomic E-state index is 10.8. The summed E-state index contributed by atoms with van der Waals surface area (Å²) < 4.78 is 4.93. The fraction of sp³-hybridized carbons (Fsp3) is 0.364. The number of carbonyl (C=O) groups excluding carboxylic acids is 1. The topological polar surface area (TPSA) is 69.4 Å². The molecule has 0 aliphatic rings. The molecule has 1 aromatic rings. The average molecular weight is 223 g/mol. The van der Waals surface area contributed by atoms with Crippen molar-refractivity contribution in [3.05, 3.63) is 33.9 Å². The van der Waals surface area contributed by atoms with Crippen LogP contribution in [0, 0.1) is 10.1 Å². The number of Topliss-reactive ketones (excluding diaryl/α,β-unsaturated/α-hetero) is 1. The minimum atomic E-state index is -0.492. The van der Waals surface area contributed by atoms with E-state index in [1.54, 1.807) is 12.1 Å². The second kappa shape index (κ2) is 5.25. The van der Waals surface area contributed by atoms with Gasteiger partial charge >= 0.3 is 5.69 Å². The summed E-state index contributed by atoms with van der Waals surface area (Å²) in [6, 6.07) is 4.64. The number of hydrogen-bond donors (Lipinski definition) is 0. The summed E-state index contributed by atoms with van der Waals surface area (Å²) in [6.45, 7) is 1.52. The Bertz CT molecular complexity index is 414. The maximum Gasteiger partial charge on any atom is 0.310 e. The van der Waals surface area contributed by atoms with Crippen LogP contribution in [0.2, 0.25) is 0 Å². The molecule has 0 spiro atoms. The fourth-order valence-corrected chi connectivity index (χ4v) is 1.35. The van der Waals surface area contributed by atoms with Crippen LogP contribution in [0.1, 0.15) is 18.9 Å². The molecule has 5 heteroatoms. The first-order valence-electron chi connectivity index (χ1n) is 4.85. The van der Waals surface area contributed by atoms with Crippen molar-refractivity contribution in [2.24, 2.45) is 0 Å². The van der Waals surface area contributed by atoms with Gasteiger partial charge in [-0.05, 0) is 25.0 Å². The number of nitro benzene ring substituents is 1. The number of nitro groups is 1. The molecule has 0 radical (unpaired) electrons. The summed E-state index contributed by atoms with van der Waals surface area (Å²) in [5.41, 5.74) is 0.798. The molecule has 5 nitrogen and oxygen atoms in total. The zero-order valence-electron chi connectivity index (χ0n) is 9.23. The predicted octanol–water partition coefficient (Wildman–Crippen LogP) is 2.12. The van der Waals surface area contributed by atoms with Gasteiger partial charge in [0.15, 0.2) is 5.75 Å². The van der Waals surface area contributed by atoms with Crippen LogP contribution in [-0.2, 0) is 11.2 Å². The van der Waals surface area contributed by atoms with Gasteiger partial charge in [0.05, 0.1) is 12.0 Å². The van der Waals surface area contributed by atoms with Crippen LogP contribution in [0.4, 0.5) is 5.69 Å². The Labute approximate surface area is 93.2 Å². The largest absolute Gasteiger partial charge is 0.490 e. The Balaban J connectivity index is 2.90. The van der Waals surface area contributed by atoms with E-state index < -0.39 is 4.92 Å². The lowest BCUT2D eigenvalue weighted by molar-refractivity contribution is -0.385. The van der Waals surface area contributed by atoms with E-state index >= 15 is 0 Å². The Morgan fingerprint density at radius 2 is 2.19 bits per heavy atom. The lowest BCUT2D eigenvalue weighted by atomic mass is 10.1. The summed E-state index contributed by atoms with van der Waals surface area (Å²) >= 11 is 0. The smallest absolute Gasteiger partial charge is 0.310 e. The molecule has 0 aliphatic carbocycles. The lowest BCUT2D eigenvalue weighted by Crippen LogP contribution is -1.97. The molecule has 0 N–H and O–H groups in total. The molecule has 1 rings (SSSR count). The van der Waals surface area contributed by atoms with Crippen molar-refractivity contribution in [2.75, 3.05) is 7.11 Å². The van der Waals surface area contributed by atoms with Crippen LogP contribution in [-0.4, -0.2) is 17.8 Å². The molecule has 1 aromatic carbocycles. The van der Waals surface area contributed by atoms with Crippen LogP contribution in [0.3, 0.4) is 0 Å². The van der Waals surface area contributed by atoms with Gasteiger partial charge in [-0.2, -0.15) is 0 Å². The van der Waals surface area contributed by atoms with E-state index in [0.29, 0.717) is 12.8 Å². The predicted molar refractivity (Wildman–Crippen MR) is 58.7 cm³/mol. The zero-order valence-corrected chi connectivity index (χ0v) is 9.23. The normalized spacial score (nSPS) is 9.88. The number of carbonyl (C=O) groups is 1. The molecule has 16 heavy (non-hydrogen) atoms. The zero-order chi connectivity index (χ0) is 12.1. The second-order valence-corrected chi connectivity index (χ2v) is 3.47. The maximum atomic E-state index is 10.8. The van der Waals surface area contributed by atoms with Gasteiger partial charge in [0.25, 0.3) is 0 Å². The molecule has 86 valence electrons. The monoisotopic (exact) mass is 223 g/mol. The molecule has 0 heterocycles. The van der Waals surface area contributed by atoms with E-state index in [2.05, 4.69) is 0 Å². The number of hydrogen-bond acceptors (Lipinski definition) is 4. The second-order valence-electron chi connectivity index (χ2n) is 3.47. The summed E-state index contributed by atoms with van der Waals surface area (Å²) in [6.07, 6.45) is 1.00. The molecule has 0 aromatic heterocycles.